The number of hydrogen-bond donors (Lipinski definition) is 2. The Hall–Kier alpha value is -0.360. The third-order valence-electron chi connectivity index (χ3n) is 1.13. The summed E-state index contributed by atoms with van der Waals surface area (Å²) >= 11 is 5.46. The first-order valence-corrected chi connectivity index (χ1v) is 4.36. The van der Waals surface area contributed by atoms with E-state index in [4.69, 9.17) is 0 Å². The zero-order valence-electron chi connectivity index (χ0n) is 6.24. The van der Waals surface area contributed by atoms with Crippen molar-refractivity contribution in [3.63, 3.8) is 0 Å². The Labute approximate surface area is 74.8 Å². The molecule has 1 N–H and O–H groups in total. The number of hydrazone groups is 1. The molecule has 62 valence electrons. The number of nitrogens with one attached hydrogen (secondary N) is 1. The van der Waals surface area contributed by atoms with E-state index < -0.39 is 0 Å². The number of carbonyl (C=O) groups is 1. The number of thioether (sulfide) groups is 1. The molecule has 0 aromatic rings. The van der Waals surface area contributed by atoms with Crippen LogP contribution in [-0.2, 0) is 4.79 Å². The molecule has 1 amide bonds. The summed E-state index contributed by atoms with van der Waals surface area (Å²) in [5.41, 5.74) is -0.0972. The molecular weight excluding hydrogens is 182 g/mol. The molecule has 6 heteroatoms. The van der Waals surface area contributed by atoms with E-state index in [2.05, 4.69) is 23.0 Å². The zero-order chi connectivity index (χ0) is 8.43. The lowest BCUT2D eigenvalue weighted by Gasteiger charge is -2.17. The predicted octanol–water partition coefficient (Wildman–Crippen LogP) is 0.285. The molecule has 0 aromatic carbocycles. The van der Waals surface area contributed by atoms with Crippen LogP contribution in [0.2, 0.25) is 0 Å². The van der Waals surface area contributed by atoms with Gasteiger partial charge in [-0.25, -0.2) is 0 Å². The van der Waals surface area contributed by atoms with Gasteiger partial charge in [0.15, 0.2) is 9.87 Å². The zero-order valence-corrected chi connectivity index (χ0v) is 7.95. The second kappa shape index (κ2) is 3.36. The lowest BCUT2D eigenvalue weighted by Crippen LogP contribution is -2.38. The number of carbonyl (C=O) groups excluding carboxylic acids is 1. The molecule has 0 saturated heterocycles. The van der Waals surface area contributed by atoms with Crippen molar-refractivity contribution in [2.45, 2.75) is 12.4 Å². The molecule has 0 radical (unpaired) electrons. The molecular formula is C5H9N3OS2. The normalized spacial score (nSPS) is 23.4. The van der Waals surface area contributed by atoms with E-state index in [1.807, 2.05) is 0 Å². The highest BCUT2D eigenvalue weighted by Crippen LogP contribution is 2.23. The minimum atomic E-state index is -0.0972. The Morgan fingerprint density at radius 2 is 2.55 bits per heavy atom. The van der Waals surface area contributed by atoms with Crippen molar-refractivity contribution in [3.05, 3.63) is 0 Å². The summed E-state index contributed by atoms with van der Waals surface area (Å²) in [7, 11) is 1.79. The highest BCUT2D eigenvalue weighted by Gasteiger charge is 2.22. The maximum atomic E-state index is 10.6. The van der Waals surface area contributed by atoms with E-state index in [1.54, 1.807) is 12.1 Å². The molecule has 1 heterocycles. The van der Waals surface area contributed by atoms with Crippen LogP contribution >= 0.6 is 24.4 Å². The topological polar surface area (TPSA) is 44.7 Å². The first-order chi connectivity index (χ1) is 5.09. The van der Waals surface area contributed by atoms with Gasteiger partial charge in [0.2, 0.25) is 5.91 Å². The summed E-state index contributed by atoms with van der Waals surface area (Å²) in [4.78, 5) is 10.6. The Morgan fingerprint density at radius 1 is 1.91 bits per heavy atom. The fourth-order valence-corrected chi connectivity index (χ4v) is 1.92. The summed E-state index contributed by atoms with van der Waals surface area (Å²) < 4.78 is 0.672. The molecule has 0 fully saturated rings. The van der Waals surface area contributed by atoms with Crippen LogP contribution in [0, 0.1) is 0 Å². The van der Waals surface area contributed by atoms with Crippen LogP contribution in [0.1, 0.15) is 6.92 Å². The second-order valence-electron chi connectivity index (χ2n) is 2.13. The van der Waals surface area contributed by atoms with Gasteiger partial charge in [-0.3, -0.25) is 9.80 Å². The lowest BCUT2D eigenvalue weighted by molar-refractivity contribution is -0.119. The summed E-state index contributed by atoms with van der Waals surface area (Å²) in [6.07, 6.45) is 0. The van der Waals surface area contributed by atoms with Crippen LogP contribution in [0.4, 0.5) is 0 Å². The Balaban J connectivity index is 2.46. The van der Waals surface area contributed by atoms with Crippen molar-refractivity contribution in [2.24, 2.45) is 5.10 Å². The van der Waals surface area contributed by atoms with E-state index in [0.717, 1.165) is 0 Å². The molecule has 4 nitrogen and oxygen atoms in total. The maximum Gasteiger partial charge on any atom is 0.219 e. The van der Waals surface area contributed by atoms with Gasteiger partial charge in [0.05, 0.1) is 0 Å². The molecule has 0 saturated carbocycles. The summed E-state index contributed by atoms with van der Waals surface area (Å²) in [5, 5.41) is 8.36. The first kappa shape index (κ1) is 8.73. The molecule has 0 aromatic heterocycles. The Bertz CT molecular complexity index is 206. The lowest BCUT2D eigenvalue weighted by atomic mass is 10.7. The van der Waals surface area contributed by atoms with Gasteiger partial charge in [-0.05, 0) is 11.8 Å². The van der Waals surface area contributed by atoms with Gasteiger partial charge >= 0.3 is 0 Å². The van der Waals surface area contributed by atoms with Crippen LogP contribution in [0.3, 0.4) is 0 Å². The van der Waals surface area contributed by atoms with Crippen molar-refractivity contribution in [3.8, 4) is 0 Å². The van der Waals surface area contributed by atoms with Crippen molar-refractivity contribution >= 4 is 34.7 Å². The van der Waals surface area contributed by atoms with Gasteiger partial charge in [0.25, 0.3) is 0 Å². The highest BCUT2D eigenvalue weighted by atomic mass is 32.2. The predicted molar refractivity (Wildman–Crippen MR) is 49.4 cm³/mol. The van der Waals surface area contributed by atoms with Crippen molar-refractivity contribution in [1.29, 1.82) is 0 Å². The highest BCUT2D eigenvalue weighted by molar-refractivity contribution is 8.32. The Kier molecular flexibility index (Phi) is 2.67. The van der Waals surface area contributed by atoms with E-state index in [1.165, 1.54) is 18.7 Å². The number of hydrogen-bond acceptors (Lipinski definition) is 4. The van der Waals surface area contributed by atoms with Gasteiger partial charge in [-0.2, -0.15) is 5.10 Å². The largest absolute Gasteiger partial charge is 0.326 e. The van der Waals surface area contributed by atoms with Gasteiger partial charge < -0.3 is 5.32 Å². The van der Waals surface area contributed by atoms with Crippen molar-refractivity contribution in [2.75, 3.05) is 7.05 Å². The Morgan fingerprint density at radius 3 is 2.91 bits per heavy atom. The number of thiol groups is 1. The smallest absolute Gasteiger partial charge is 0.219 e. The third kappa shape index (κ3) is 2.30. The van der Waals surface area contributed by atoms with E-state index in [-0.39, 0.29) is 11.4 Å². The maximum absolute atomic E-state index is 10.6. The molecule has 1 aliphatic rings. The minimum absolute atomic E-state index is 0.0624. The SMILES string of the molecule is CC(=O)NC1SC(S)=NN1C. The fourth-order valence-electron chi connectivity index (χ4n) is 0.684. The second-order valence-corrected chi connectivity index (χ2v) is 3.92. The van der Waals surface area contributed by atoms with E-state index >= 15 is 0 Å². The minimum Gasteiger partial charge on any atom is -0.326 e. The molecule has 1 atom stereocenters. The van der Waals surface area contributed by atoms with Crippen LogP contribution < -0.4 is 5.32 Å². The van der Waals surface area contributed by atoms with Crippen molar-refractivity contribution in [1.82, 2.24) is 10.3 Å². The molecule has 0 aliphatic carbocycles. The average Bonchev–Trinajstić information content (AvgIpc) is 2.09. The summed E-state index contributed by atoms with van der Waals surface area (Å²) in [6, 6.07) is 0. The van der Waals surface area contributed by atoms with Crippen LogP contribution in [-0.4, -0.2) is 27.8 Å². The molecule has 1 rings (SSSR count). The quantitative estimate of drug-likeness (QED) is 0.585. The van der Waals surface area contributed by atoms with E-state index in [9.17, 15) is 4.79 Å². The van der Waals surface area contributed by atoms with Crippen LogP contribution in [0.15, 0.2) is 5.10 Å². The average molecular weight is 191 g/mol. The monoisotopic (exact) mass is 191 g/mol. The number of rotatable bonds is 1. The van der Waals surface area contributed by atoms with Gasteiger partial charge in [-0.15, -0.1) is 12.6 Å². The van der Waals surface area contributed by atoms with Gasteiger partial charge in [0, 0.05) is 14.0 Å². The number of amides is 1. The molecule has 1 unspecified atom stereocenters. The fraction of sp³-hybridized carbons (Fsp3) is 0.600. The molecule has 1 aliphatic heterocycles. The van der Waals surface area contributed by atoms with Gasteiger partial charge in [-0.1, -0.05) is 0 Å². The number of nitrogens with zero attached hydrogens (tertiary/aromatic N) is 2. The third-order valence-corrected chi connectivity index (χ3v) is 2.47. The molecule has 11 heavy (non-hydrogen) atoms. The first-order valence-electron chi connectivity index (χ1n) is 3.04. The molecule has 0 spiro atoms. The standard InChI is InChI=1S/C5H9N3OS2/c1-3(9)6-4-8(2)7-5(10)11-4/h4H,1-2H3,(H,6,9)(H,7,10). The van der Waals surface area contributed by atoms with E-state index in [0.29, 0.717) is 4.38 Å². The van der Waals surface area contributed by atoms with Gasteiger partial charge in [0.1, 0.15) is 0 Å². The van der Waals surface area contributed by atoms with Crippen molar-refractivity contribution < 1.29 is 4.79 Å². The summed E-state index contributed by atoms with van der Waals surface area (Å²) in [5.74, 6) is -0.0624. The van der Waals surface area contributed by atoms with Crippen LogP contribution in [0.25, 0.3) is 0 Å². The molecule has 0 bridgehead atoms. The van der Waals surface area contributed by atoms with Crippen LogP contribution in [0.5, 0.6) is 0 Å². The summed E-state index contributed by atoms with van der Waals surface area (Å²) in [6.45, 7) is 1.48.